The van der Waals surface area contributed by atoms with Crippen molar-refractivity contribution in [2.75, 3.05) is 13.4 Å². The van der Waals surface area contributed by atoms with Gasteiger partial charge in [-0.15, -0.1) is 0 Å². The van der Waals surface area contributed by atoms with Crippen molar-refractivity contribution in [1.82, 2.24) is 0 Å². The molecule has 0 heterocycles. The van der Waals surface area contributed by atoms with Crippen LogP contribution in [-0.2, 0) is 25.5 Å². The van der Waals surface area contributed by atoms with Crippen LogP contribution >= 0.6 is 0 Å². The molecule has 0 spiro atoms. The van der Waals surface area contributed by atoms with Gasteiger partial charge in [-0.1, -0.05) is 55.6 Å². The molecule has 0 aliphatic heterocycles. The third-order valence-electron chi connectivity index (χ3n) is 5.97. The fourth-order valence-electron chi connectivity index (χ4n) is 3.78. The van der Waals surface area contributed by atoms with Crippen LogP contribution in [0, 0.1) is 0 Å². The fourth-order valence-corrected chi connectivity index (χ4v) is 3.78. The number of hydrogen-bond acceptors (Lipinski definition) is 7. The maximum Gasteiger partial charge on any atom is 0.343 e. The molecule has 202 valence electrons. The lowest BCUT2D eigenvalue weighted by Crippen LogP contribution is -2.09. The molecule has 0 radical (unpaired) electrons. The molecule has 40 heavy (non-hydrogen) atoms. The van der Waals surface area contributed by atoms with Crippen molar-refractivity contribution < 1.29 is 33.3 Å². The van der Waals surface area contributed by atoms with E-state index >= 15 is 0 Å². The fraction of sp³-hybridized carbons (Fsp3) is 0.121. The van der Waals surface area contributed by atoms with Crippen molar-refractivity contribution in [3.05, 3.63) is 121 Å². The van der Waals surface area contributed by atoms with Gasteiger partial charge < -0.3 is 18.9 Å². The van der Waals surface area contributed by atoms with E-state index in [0.717, 1.165) is 33.5 Å². The summed E-state index contributed by atoms with van der Waals surface area (Å²) in [6.07, 6.45) is 1.61. The summed E-state index contributed by atoms with van der Waals surface area (Å²) < 4.78 is 20.9. The lowest BCUT2D eigenvalue weighted by atomic mass is 10.0. The molecule has 0 fully saturated rings. The minimum Gasteiger partial charge on any atom is -0.462 e. The minimum absolute atomic E-state index is 0.187. The summed E-state index contributed by atoms with van der Waals surface area (Å²) in [7, 11) is 0. The first-order chi connectivity index (χ1) is 19.3. The number of rotatable bonds is 11. The quantitative estimate of drug-likeness (QED) is 0.0942. The van der Waals surface area contributed by atoms with E-state index in [9.17, 15) is 14.4 Å². The van der Waals surface area contributed by atoms with Gasteiger partial charge in [0.25, 0.3) is 0 Å². The number of benzene rings is 4. The number of fused-ring (bicyclic) bond motifs is 1. The van der Waals surface area contributed by atoms with Gasteiger partial charge in [0.15, 0.2) is 0 Å². The molecule has 0 saturated carbocycles. The Morgan fingerprint density at radius 1 is 0.775 bits per heavy atom. The number of carbonyl (C=O) groups excluding carboxylic acids is 3. The van der Waals surface area contributed by atoms with Crippen LogP contribution < -0.4 is 9.47 Å². The van der Waals surface area contributed by atoms with Crippen LogP contribution in [0.2, 0.25) is 0 Å². The van der Waals surface area contributed by atoms with E-state index in [2.05, 4.69) is 19.2 Å². The average molecular weight is 537 g/mol. The Kier molecular flexibility index (Phi) is 9.10. The summed E-state index contributed by atoms with van der Waals surface area (Å²) in [4.78, 5) is 35.3. The molecular weight excluding hydrogens is 508 g/mol. The SMILES string of the molecule is C=CC(=O)OCOc1ccc(-c2ccc3cc(OC(=O)c4ccc(CCOC(=O)C(=C)C)cc4)ccc3c2)cc1. The van der Waals surface area contributed by atoms with Gasteiger partial charge >= 0.3 is 17.9 Å². The molecule has 0 aliphatic carbocycles. The first kappa shape index (κ1) is 27.9. The summed E-state index contributed by atoms with van der Waals surface area (Å²) >= 11 is 0. The van der Waals surface area contributed by atoms with Gasteiger partial charge in [0.1, 0.15) is 11.5 Å². The molecule has 4 aromatic carbocycles. The molecule has 7 heteroatoms. The molecule has 7 nitrogen and oxygen atoms in total. The summed E-state index contributed by atoms with van der Waals surface area (Å²) in [5.41, 5.74) is 3.71. The van der Waals surface area contributed by atoms with Gasteiger partial charge in [0.05, 0.1) is 12.2 Å². The van der Waals surface area contributed by atoms with Crippen molar-refractivity contribution in [3.8, 4) is 22.6 Å². The molecule has 0 aromatic heterocycles. The first-order valence-electron chi connectivity index (χ1n) is 12.5. The molecule has 4 aromatic rings. The molecule has 0 saturated heterocycles. The zero-order chi connectivity index (χ0) is 28.5. The van der Waals surface area contributed by atoms with Gasteiger partial charge in [0, 0.05) is 18.1 Å². The van der Waals surface area contributed by atoms with E-state index in [0.29, 0.717) is 29.1 Å². The summed E-state index contributed by atoms with van der Waals surface area (Å²) in [6, 6.07) is 25.9. The van der Waals surface area contributed by atoms with Crippen LogP contribution in [0.15, 0.2) is 110 Å². The topological polar surface area (TPSA) is 88.1 Å². The standard InChI is InChI=1S/C33H28O7/c1-4-31(34)39-21-38-29-14-11-24(12-15-29)26-9-10-28-20-30(16-13-27(28)19-26)40-33(36)25-7-5-23(6-8-25)17-18-37-32(35)22(2)3/h4-16,19-20H,1-2,17-18,21H2,3H3. The smallest absolute Gasteiger partial charge is 0.343 e. The second-order valence-corrected chi connectivity index (χ2v) is 8.93. The Bertz CT molecular complexity index is 1550. The van der Waals surface area contributed by atoms with E-state index in [1.54, 1.807) is 37.3 Å². The number of esters is 3. The first-order valence-corrected chi connectivity index (χ1v) is 12.5. The van der Waals surface area contributed by atoms with Gasteiger partial charge in [0.2, 0.25) is 6.79 Å². The van der Waals surface area contributed by atoms with E-state index in [-0.39, 0.29) is 13.4 Å². The third-order valence-corrected chi connectivity index (χ3v) is 5.97. The summed E-state index contributed by atoms with van der Waals surface area (Å²) in [5.74, 6) is -0.404. The Labute approximate surface area is 232 Å². The highest BCUT2D eigenvalue weighted by Crippen LogP contribution is 2.28. The second-order valence-electron chi connectivity index (χ2n) is 8.93. The summed E-state index contributed by atoms with van der Waals surface area (Å²) in [6.45, 7) is 8.54. The zero-order valence-corrected chi connectivity index (χ0v) is 22.1. The van der Waals surface area contributed by atoms with Gasteiger partial charge in [-0.2, -0.15) is 0 Å². The van der Waals surface area contributed by atoms with Gasteiger partial charge in [-0.25, -0.2) is 14.4 Å². The Morgan fingerprint density at radius 2 is 1.43 bits per heavy atom. The van der Waals surface area contributed by atoms with Gasteiger partial charge in [-0.05, 0) is 76.9 Å². The van der Waals surface area contributed by atoms with Crippen LogP contribution in [0.3, 0.4) is 0 Å². The normalized spacial score (nSPS) is 10.4. The zero-order valence-electron chi connectivity index (χ0n) is 22.1. The molecular formula is C33H28O7. The monoisotopic (exact) mass is 536 g/mol. The predicted octanol–water partition coefficient (Wildman–Crippen LogP) is 6.45. The largest absolute Gasteiger partial charge is 0.462 e. The number of hydrogen-bond donors (Lipinski definition) is 0. The highest BCUT2D eigenvalue weighted by molar-refractivity contribution is 5.93. The molecule has 0 aliphatic rings. The van der Waals surface area contributed by atoms with Crippen LogP contribution in [0.5, 0.6) is 11.5 Å². The van der Waals surface area contributed by atoms with Gasteiger partial charge in [-0.3, -0.25) is 0 Å². The predicted molar refractivity (Wildman–Crippen MR) is 152 cm³/mol. The lowest BCUT2D eigenvalue weighted by molar-refractivity contribution is -0.144. The molecule has 0 amide bonds. The molecule has 0 N–H and O–H groups in total. The second kappa shape index (κ2) is 13.1. The maximum absolute atomic E-state index is 12.7. The summed E-state index contributed by atoms with van der Waals surface area (Å²) in [5, 5.41) is 1.92. The number of carbonyl (C=O) groups is 3. The minimum atomic E-state index is -0.545. The van der Waals surface area contributed by atoms with E-state index < -0.39 is 17.9 Å². The van der Waals surface area contributed by atoms with Crippen molar-refractivity contribution >= 4 is 28.7 Å². The highest BCUT2D eigenvalue weighted by Gasteiger charge is 2.10. The van der Waals surface area contributed by atoms with E-state index in [1.165, 1.54) is 0 Å². The number of ether oxygens (including phenoxy) is 4. The Morgan fingerprint density at radius 3 is 2.12 bits per heavy atom. The van der Waals surface area contributed by atoms with E-state index in [1.807, 2.05) is 48.5 Å². The Balaban J connectivity index is 1.35. The molecule has 0 atom stereocenters. The Hall–Kier alpha value is -5.17. The van der Waals surface area contributed by atoms with Crippen LogP contribution in [0.25, 0.3) is 21.9 Å². The van der Waals surface area contributed by atoms with Crippen molar-refractivity contribution in [1.29, 1.82) is 0 Å². The lowest BCUT2D eigenvalue weighted by Gasteiger charge is -2.09. The molecule has 4 rings (SSSR count). The van der Waals surface area contributed by atoms with Crippen LogP contribution in [-0.4, -0.2) is 31.3 Å². The van der Waals surface area contributed by atoms with Crippen LogP contribution in [0.4, 0.5) is 0 Å². The van der Waals surface area contributed by atoms with Crippen molar-refractivity contribution in [2.45, 2.75) is 13.3 Å². The molecule has 0 bridgehead atoms. The van der Waals surface area contributed by atoms with E-state index in [4.69, 9.17) is 18.9 Å². The van der Waals surface area contributed by atoms with Crippen molar-refractivity contribution in [2.24, 2.45) is 0 Å². The van der Waals surface area contributed by atoms with Crippen molar-refractivity contribution in [3.63, 3.8) is 0 Å². The van der Waals surface area contributed by atoms with Crippen LogP contribution in [0.1, 0.15) is 22.8 Å². The maximum atomic E-state index is 12.7. The highest BCUT2D eigenvalue weighted by atomic mass is 16.7. The third kappa shape index (κ3) is 7.45. The average Bonchev–Trinajstić information content (AvgIpc) is 2.97. The molecule has 0 unspecified atom stereocenters.